The zero-order chi connectivity index (χ0) is 22.8. The minimum atomic E-state index is -2.22. The molecule has 166 valence electrons. The van der Waals surface area contributed by atoms with Crippen molar-refractivity contribution in [2.45, 2.75) is 33.1 Å². The fourth-order valence-corrected chi connectivity index (χ4v) is 8.58. The summed E-state index contributed by atoms with van der Waals surface area (Å²) in [4.78, 5) is 2.37. The van der Waals surface area contributed by atoms with Crippen LogP contribution >= 0.6 is 7.21 Å². The first kappa shape index (κ1) is 22.6. The standard InChI is InChI=1S/C28H34N3P/c1-6-31(7-2)32(24-18-12-9-13-19-24,29-23-16-10-8-11-17-23)22-27-28(3,4)25-20-14-15-21-26(25)30(27)5/h8-22H,6-7H2,1-5H3/b27-22+. The van der Waals surface area contributed by atoms with Gasteiger partial charge in [-0.2, -0.15) is 0 Å². The Morgan fingerprint density at radius 2 is 1.41 bits per heavy atom. The monoisotopic (exact) mass is 443 g/mol. The van der Waals surface area contributed by atoms with E-state index in [-0.39, 0.29) is 5.41 Å². The molecule has 1 heterocycles. The molecule has 0 aromatic heterocycles. The Kier molecular flexibility index (Phi) is 6.42. The predicted molar refractivity (Wildman–Crippen MR) is 140 cm³/mol. The summed E-state index contributed by atoms with van der Waals surface area (Å²) in [5.41, 5.74) is 4.92. The number of rotatable bonds is 6. The summed E-state index contributed by atoms with van der Waals surface area (Å²) in [7, 11) is -0.0226. The maximum atomic E-state index is 5.56. The zero-order valence-corrected chi connectivity index (χ0v) is 20.8. The van der Waals surface area contributed by atoms with Gasteiger partial charge in [0, 0.05) is 42.2 Å². The second-order valence-electron chi connectivity index (χ2n) is 8.77. The van der Waals surface area contributed by atoms with Crippen LogP contribution in [-0.4, -0.2) is 24.8 Å². The topological polar surface area (TPSA) is 18.8 Å². The van der Waals surface area contributed by atoms with Gasteiger partial charge in [-0.1, -0.05) is 94.4 Å². The number of hydrogen-bond acceptors (Lipinski definition) is 2. The highest BCUT2D eigenvalue weighted by Crippen LogP contribution is 2.59. The van der Waals surface area contributed by atoms with Crippen LogP contribution in [0.15, 0.2) is 101 Å². The van der Waals surface area contributed by atoms with Crippen molar-refractivity contribution in [1.82, 2.24) is 4.67 Å². The molecule has 0 saturated heterocycles. The summed E-state index contributed by atoms with van der Waals surface area (Å²) in [6, 6.07) is 30.1. The minimum absolute atomic E-state index is 0.0925. The first-order valence-electron chi connectivity index (χ1n) is 11.5. The van der Waals surface area contributed by atoms with Crippen LogP contribution in [-0.2, 0) is 5.41 Å². The van der Waals surface area contributed by atoms with E-state index in [1.807, 2.05) is 0 Å². The van der Waals surface area contributed by atoms with E-state index in [0.717, 1.165) is 18.8 Å². The van der Waals surface area contributed by atoms with Crippen molar-refractivity contribution in [3.8, 4) is 0 Å². The molecule has 0 fully saturated rings. The maximum Gasteiger partial charge on any atom is 0.0897 e. The lowest BCUT2D eigenvalue weighted by Gasteiger charge is -2.36. The van der Waals surface area contributed by atoms with E-state index >= 15 is 0 Å². The summed E-state index contributed by atoms with van der Waals surface area (Å²) in [6.07, 6.45) is 0. The number of fused-ring (bicyclic) bond motifs is 1. The van der Waals surface area contributed by atoms with E-state index in [0.29, 0.717) is 0 Å². The molecular formula is C28H34N3P. The van der Waals surface area contributed by atoms with E-state index in [1.165, 1.54) is 22.3 Å². The second-order valence-corrected chi connectivity index (χ2v) is 11.6. The van der Waals surface area contributed by atoms with Gasteiger partial charge in [-0.3, -0.25) is 4.67 Å². The van der Waals surface area contributed by atoms with Gasteiger partial charge in [0.25, 0.3) is 0 Å². The first-order chi connectivity index (χ1) is 15.4. The van der Waals surface area contributed by atoms with Crippen LogP contribution in [0, 0.1) is 0 Å². The van der Waals surface area contributed by atoms with Crippen molar-refractivity contribution >= 4 is 23.9 Å². The van der Waals surface area contributed by atoms with Crippen molar-refractivity contribution in [1.29, 1.82) is 0 Å². The van der Waals surface area contributed by atoms with Crippen molar-refractivity contribution in [3.63, 3.8) is 0 Å². The molecule has 0 amide bonds. The lowest BCUT2D eigenvalue weighted by molar-refractivity contribution is 0.508. The molecule has 0 N–H and O–H groups in total. The molecule has 0 spiro atoms. The summed E-state index contributed by atoms with van der Waals surface area (Å²) in [5.74, 6) is 2.52. The van der Waals surface area contributed by atoms with Gasteiger partial charge >= 0.3 is 0 Å². The number of benzene rings is 3. The van der Waals surface area contributed by atoms with Gasteiger partial charge in [-0.15, -0.1) is 0 Å². The Labute approximate surface area is 193 Å². The maximum absolute atomic E-state index is 5.56. The normalized spacial score (nSPS) is 17.9. The molecule has 0 bridgehead atoms. The van der Waals surface area contributed by atoms with Crippen molar-refractivity contribution in [2.24, 2.45) is 4.74 Å². The Hall–Kier alpha value is -2.61. The zero-order valence-electron chi connectivity index (χ0n) is 19.9. The van der Waals surface area contributed by atoms with Crippen LogP contribution in [0.2, 0.25) is 0 Å². The molecule has 1 unspecified atom stereocenters. The van der Waals surface area contributed by atoms with Gasteiger partial charge in [0.15, 0.2) is 0 Å². The third-order valence-corrected chi connectivity index (χ3v) is 10.2. The Bertz CT molecular complexity index is 1150. The fraction of sp³-hybridized carbons (Fsp3) is 0.286. The van der Waals surface area contributed by atoms with Gasteiger partial charge < -0.3 is 4.90 Å². The minimum Gasteiger partial charge on any atom is -0.347 e. The molecule has 3 nitrogen and oxygen atoms in total. The fourth-order valence-electron chi connectivity index (χ4n) is 4.84. The van der Waals surface area contributed by atoms with Gasteiger partial charge in [-0.25, -0.2) is 4.74 Å². The lowest BCUT2D eigenvalue weighted by atomic mass is 9.84. The molecule has 0 saturated carbocycles. The van der Waals surface area contributed by atoms with Crippen LogP contribution in [0.1, 0.15) is 33.3 Å². The summed E-state index contributed by atoms with van der Waals surface area (Å²) < 4.78 is 8.13. The highest BCUT2D eigenvalue weighted by molar-refractivity contribution is 7.74. The average Bonchev–Trinajstić information content (AvgIpc) is 3.01. The van der Waals surface area contributed by atoms with Crippen molar-refractivity contribution < 1.29 is 0 Å². The highest BCUT2D eigenvalue weighted by atomic mass is 31.2. The van der Waals surface area contributed by atoms with E-state index in [2.05, 4.69) is 135 Å². The molecular weight excluding hydrogens is 409 g/mol. The van der Waals surface area contributed by atoms with Crippen molar-refractivity contribution in [3.05, 3.63) is 102 Å². The predicted octanol–water partition coefficient (Wildman–Crippen LogP) is 7.37. The molecule has 1 aliphatic rings. The van der Waals surface area contributed by atoms with Gasteiger partial charge in [-0.05, 0) is 29.6 Å². The van der Waals surface area contributed by atoms with Crippen LogP contribution in [0.5, 0.6) is 0 Å². The summed E-state index contributed by atoms with van der Waals surface area (Å²) in [6.45, 7) is 11.1. The number of anilines is 1. The van der Waals surface area contributed by atoms with E-state index in [1.54, 1.807) is 0 Å². The lowest BCUT2D eigenvalue weighted by Crippen LogP contribution is -2.28. The molecule has 3 aromatic rings. The molecule has 1 aliphatic heterocycles. The molecule has 1 atom stereocenters. The molecule has 4 heteroatoms. The van der Waals surface area contributed by atoms with Crippen LogP contribution < -0.4 is 10.2 Å². The van der Waals surface area contributed by atoms with Gasteiger partial charge in [0.2, 0.25) is 0 Å². The Morgan fingerprint density at radius 3 is 2.00 bits per heavy atom. The first-order valence-corrected chi connectivity index (χ1v) is 13.2. The van der Waals surface area contributed by atoms with E-state index < -0.39 is 7.21 Å². The average molecular weight is 444 g/mol. The number of allylic oxidation sites excluding steroid dienone is 1. The molecule has 3 aromatic carbocycles. The smallest absolute Gasteiger partial charge is 0.0897 e. The molecule has 0 aliphatic carbocycles. The molecule has 32 heavy (non-hydrogen) atoms. The number of hydrogen-bond donors (Lipinski definition) is 0. The van der Waals surface area contributed by atoms with Crippen LogP contribution in [0.3, 0.4) is 0 Å². The quantitative estimate of drug-likeness (QED) is 0.370. The van der Waals surface area contributed by atoms with E-state index in [9.17, 15) is 0 Å². The number of nitrogens with zero attached hydrogens (tertiary/aromatic N) is 3. The van der Waals surface area contributed by atoms with Gasteiger partial charge in [0.1, 0.15) is 0 Å². The summed E-state index contributed by atoms with van der Waals surface area (Å²) in [5, 5.41) is 1.29. The molecule has 4 rings (SSSR count). The third kappa shape index (κ3) is 3.85. The third-order valence-electron chi connectivity index (χ3n) is 6.56. The number of likely N-dealkylation sites (N-methyl/N-ethyl adjacent to an activating group) is 1. The highest BCUT2D eigenvalue weighted by Gasteiger charge is 2.40. The number of para-hydroxylation sites is 1. The molecule has 0 radical (unpaired) electrons. The Morgan fingerprint density at radius 1 is 0.844 bits per heavy atom. The summed E-state index contributed by atoms with van der Waals surface area (Å²) >= 11 is 0. The Balaban J connectivity index is 2.06. The van der Waals surface area contributed by atoms with Crippen LogP contribution in [0.25, 0.3) is 0 Å². The SMILES string of the molecule is CCN(CC)P(/C=C1/N(C)c2ccccc2C1(C)C)(=Nc1ccccc1)c1ccccc1. The van der Waals surface area contributed by atoms with E-state index in [4.69, 9.17) is 4.74 Å². The second kappa shape index (κ2) is 9.10. The van der Waals surface area contributed by atoms with Crippen LogP contribution in [0.4, 0.5) is 11.4 Å². The largest absolute Gasteiger partial charge is 0.347 e. The van der Waals surface area contributed by atoms with Gasteiger partial charge in [0.05, 0.1) is 12.9 Å². The van der Waals surface area contributed by atoms with Crippen molar-refractivity contribution in [2.75, 3.05) is 25.0 Å².